The minimum Gasteiger partial charge on any atom is -0.477 e. The quantitative estimate of drug-likeness (QED) is 0.908. The summed E-state index contributed by atoms with van der Waals surface area (Å²) in [6.45, 7) is 0. The van der Waals surface area contributed by atoms with Crippen LogP contribution in [0.1, 0.15) is 23.3 Å². The molecule has 0 radical (unpaired) electrons. The zero-order chi connectivity index (χ0) is 13.9. The molecule has 1 aliphatic rings. The van der Waals surface area contributed by atoms with Crippen LogP contribution in [0.3, 0.4) is 0 Å². The van der Waals surface area contributed by atoms with Crippen LogP contribution in [0.25, 0.3) is 10.9 Å². The van der Waals surface area contributed by atoms with Crippen molar-refractivity contribution >= 4 is 34.3 Å². The molecule has 1 aromatic heterocycles. The second-order valence-electron chi connectivity index (χ2n) is 4.94. The van der Waals surface area contributed by atoms with Gasteiger partial charge in [0.15, 0.2) is 5.69 Å². The number of anilines is 1. The van der Waals surface area contributed by atoms with Gasteiger partial charge in [-0.1, -0.05) is 18.2 Å². The van der Waals surface area contributed by atoms with Gasteiger partial charge >= 0.3 is 5.97 Å². The first-order chi connectivity index (χ1) is 9.74. The Kier molecular flexibility index (Phi) is 3.78. The number of thioether (sulfide) groups is 1. The number of para-hydroxylation sites is 1. The Morgan fingerprint density at radius 2 is 2.25 bits per heavy atom. The van der Waals surface area contributed by atoms with Gasteiger partial charge in [-0.15, -0.1) is 0 Å². The number of aromatic nitrogens is 1. The van der Waals surface area contributed by atoms with Crippen molar-refractivity contribution in [3.63, 3.8) is 0 Å². The van der Waals surface area contributed by atoms with Crippen LogP contribution in [-0.4, -0.2) is 33.6 Å². The summed E-state index contributed by atoms with van der Waals surface area (Å²) in [5.74, 6) is 1.30. The lowest BCUT2D eigenvalue weighted by Gasteiger charge is -2.24. The van der Waals surface area contributed by atoms with E-state index in [2.05, 4.69) is 10.3 Å². The molecular formula is C15H16N2O2S. The first-order valence-electron chi connectivity index (χ1n) is 6.71. The summed E-state index contributed by atoms with van der Waals surface area (Å²) < 4.78 is 0. The zero-order valence-corrected chi connectivity index (χ0v) is 11.8. The molecule has 0 saturated carbocycles. The molecule has 1 atom stereocenters. The molecule has 4 nitrogen and oxygen atoms in total. The SMILES string of the molecule is O=C(O)c1cc(NC2CCCSC2)c2ccccc2n1. The Morgan fingerprint density at radius 3 is 3.00 bits per heavy atom. The van der Waals surface area contributed by atoms with Crippen molar-refractivity contribution in [1.29, 1.82) is 0 Å². The third-order valence-electron chi connectivity index (χ3n) is 3.46. The minimum atomic E-state index is -0.989. The third-order valence-corrected chi connectivity index (χ3v) is 4.67. The molecule has 2 N–H and O–H groups in total. The number of carbonyl (C=O) groups is 1. The normalized spacial score (nSPS) is 18.9. The highest BCUT2D eigenvalue weighted by Gasteiger charge is 2.16. The summed E-state index contributed by atoms with van der Waals surface area (Å²) in [7, 11) is 0. The smallest absolute Gasteiger partial charge is 0.354 e. The number of benzene rings is 1. The number of hydrogen-bond acceptors (Lipinski definition) is 4. The zero-order valence-electron chi connectivity index (χ0n) is 11.0. The number of nitrogens with zero attached hydrogens (tertiary/aromatic N) is 1. The predicted molar refractivity (Wildman–Crippen MR) is 82.7 cm³/mol. The topological polar surface area (TPSA) is 62.2 Å². The number of hydrogen-bond donors (Lipinski definition) is 2. The average Bonchev–Trinajstić information content (AvgIpc) is 2.48. The van der Waals surface area contributed by atoms with Crippen LogP contribution in [-0.2, 0) is 0 Å². The van der Waals surface area contributed by atoms with Crippen LogP contribution in [0.15, 0.2) is 30.3 Å². The van der Waals surface area contributed by atoms with Gasteiger partial charge in [0.05, 0.1) is 5.52 Å². The lowest BCUT2D eigenvalue weighted by Crippen LogP contribution is -2.26. The Labute approximate surface area is 121 Å². The van der Waals surface area contributed by atoms with E-state index in [-0.39, 0.29) is 5.69 Å². The fraction of sp³-hybridized carbons (Fsp3) is 0.333. The fourth-order valence-corrected chi connectivity index (χ4v) is 3.55. The van der Waals surface area contributed by atoms with Crippen molar-refractivity contribution in [2.75, 3.05) is 16.8 Å². The van der Waals surface area contributed by atoms with Crippen LogP contribution >= 0.6 is 11.8 Å². The van der Waals surface area contributed by atoms with Crippen molar-refractivity contribution in [2.24, 2.45) is 0 Å². The van der Waals surface area contributed by atoms with Gasteiger partial charge in [0, 0.05) is 22.9 Å². The number of carboxylic acid groups (broad SMARTS) is 1. The molecule has 1 aliphatic heterocycles. The highest BCUT2D eigenvalue weighted by molar-refractivity contribution is 7.99. The van der Waals surface area contributed by atoms with Gasteiger partial charge < -0.3 is 10.4 Å². The number of aromatic carboxylic acids is 1. The molecule has 3 rings (SSSR count). The standard InChI is InChI=1S/C15H16N2O2S/c18-15(19)14-8-13(16-10-4-3-7-20-9-10)11-5-1-2-6-12(11)17-14/h1-2,5-6,8,10H,3-4,7,9H2,(H,16,17)(H,18,19). The third kappa shape index (κ3) is 2.72. The predicted octanol–water partition coefficient (Wildman–Crippen LogP) is 3.24. The van der Waals surface area contributed by atoms with Crippen molar-refractivity contribution < 1.29 is 9.90 Å². The van der Waals surface area contributed by atoms with E-state index in [4.69, 9.17) is 0 Å². The Hall–Kier alpha value is -1.75. The lowest BCUT2D eigenvalue weighted by molar-refractivity contribution is 0.0691. The van der Waals surface area contributed by atoms with Gasteiger partial charge in [-0.2, -0.15) is 11.8 Å². The number of fused-ring (bicyclic) bond motifs is 1. The second kappa shape index (κ2) is 5.71. The number of rotatable bonds is 3. The van der Waals surface area contributed by atoms with Crippen molar-refractivity contribution in [1.82, 2.24) is 4.98 Å². The number of nitrogens with one attached hydrogen (secondary N) is 1. The maximum atomic E-state index is 11.2. The summed E-state index contributed by atoms with van der Waals surface area (Å²) in [5.41, 5.74) is 1.69. The Morgan fingerprint density at radius 1 is 1.40 bits per heavy atom. The summed E-state index contributed by atoms with van der Waals surface area (Å²) in [4.78, 5) is 15.4. The van der Waals surface area contributed by atoms with Crippen LogP contribution in [0.2, 0.25) is 0 Å². The van der Waals surface area contributed by atoms with E-state index in [1.807, 2.05) is 36.0 Å². The van der Waals surface area contributed by atoms with E-state index >= 15 is 0 Å². The summed E-state index contributed by atoms with van der Waals surface area (Å²) in [5, 5.41) is 13.7. The Bertz CT molecular complexity index is 639. The highest BCUT2D eigenvalue weighted by Crippen LogP contribution is 2.27. The first-order valence-corrected chi connectivity index (χ1v) is 7.87. The van der Waals surface area contributed by atoms with Crippen LogP contribution in [0, 0.1) is 0 Å². The molecular weight excluding hydrogens is 272 g/mol. The summed E-state index contributed by atoms with van der Waals surface area (Å²) in [6.07, 6.45) is 2.34. The van der Waals surface area contributed by atoms with Crippen LogP contribution in [0.4, 0.5) is 5.69 Å². The second-order valence-corrected chi connectivity index (χ2v) is 6.09. The molecule has 0 aliphatic carbocycles. The molecule has 0 bridgehead atoms. The largest absolute Gasteiger partial charge is 0.477 e. The van der Waals surface area contributed by atoms with E-state index in [0.29, 0.717) is 6.04 Å². The van der Waals surface area contributed by atoms with Crippen molar-refractivity contribution in [3.8, 4) is 0 Å². The maximum Gasteiger partial charge on any atom is 0.354 e. The molecule has 20 heavy (non-hydrogen) atoms. The van der Waals surface area contributed by atoms with Gasteiger partial charge in [-0.3, -0.25) is 0 Å². The number of pyridine rings is 1. The molecule has 2 heterocycles. The van der Waals surface area contributed by atoms with Crippen LogP contribution < -0.4 is 5.32 Å². The van der Waals surface area contributed by atoms with Gasteiger partial charge in [-0.25, -0.2) is 9.78 Å². The van der Waals surface area contributed by atoms with E-state index in [9.17, 15) is 9.90 Å². The average molecular weight is 288 g/mol. The van der Waals surface area contributed by atoms with Crippen LogP contribution in [0.5, 0.6) is 0 Å². The lowest BCUT2D eigenvalue weighted by atomic mass is 10.1. The van der Waals surface area contributed by atoms with Gasteiger partial charge in [0.2, 0.25) is 0 Å². The minimum absolute atomic E-state index is 0.0923. The molecule has 0 spiro atoms. The van der Waals surface area contributed by atoms with E-state index in [1.165, 1.54) is 12.2 Å². The van der Waals surface area contributed by atoms with E-state index < -0.39 is 5.97 Å². The van der Waals surface area contributed by atoms with Crippen molar-refractivity contribution in [2.45, 2.75) is 18.9 Å². The monoisotopic (exact) mass is 288 g/mol. The summed E-state index contributed by atoms with van der Waals surface area (Å²) in [6, 6.07) is 9.70. The number of carboxylic acids is 1. The molecule has 5 heteroatoms. The molecule has 1 saturated heterocycles. The molecule has 1 unspecified atom stereocenters. The molecule has 1 fully saturated rings. The van der Waals surface area contributed by atoms with Gasteiger partial charge in [0.25, 0.3) is 0 Å². The molecule has 2 aromatic rings. The maximum absolute atomic E-state index is 11.2. The fourth-order valence-electron chi connectivity index (χ4n) is 2.48. The van der Waals surface area contributed by atoms with Gasteiger partial charge in [-0.05, 0) is 30.7 Å². The van der Waals surface area contributed by atoms with E-state index in [1.54, 1.807) is 6.07 Å². The summed E-state index contributed by atoms with van der Waals surface area (Å²) >= 11 is 1.94. The molecule has 1 aromatic carbocycles. The molecule has 0 amide bonds. The van der Waals surface area contributed by atoms with Gasteiger partial charge in [0.1, 0.15) is 0 Å². The first kappa shape index (κ1) is 13.2. The Balaban J connectivity index is 2.00. The molecule has 104 valence electrons. The van der Waals surface area contributed by atoms with Crippen molar-refractivity contribution in [3.05, 3.63) is 36.0 Å². The van der Waals surface area contributed by atoms with E-state index in [0.717, 1.165) is 28.8 Å². The highest BCUT2D eigenvalue weighted by atomic mass is 32.2.